The summed E-state index contributed by atoms with van der Waals surface area (Å²) in [6.07, 6.45) is 6.06. The first-order valence-electron chi connectivity index (χ1n) is 6.61. The summed E-state index contributed by atoms with van der Waals surface area (Å²) in [4.78, 5) is 4.13. The first kappa shape index (κ1) is 11.4. The Morgan fingerprint density at radius 1 is 1.17 bits per heavy atom. The van der Waals surface area contributed by atoms with Crippen LogP contribution in [0, 0.1) is 0 Å². The van der Waals surface area contributed by atoms with Gasteiger partial charge >= 0.3 is 0 Å². The van der Waals surface area contributed by atoms with E-state index in [1.165, 1.54) is 23.1 Å². The molecular weight excluding hydrogens is 220 g/mol. The first-order chi connectivity index (χ1) is 8.93. The van der Waals surface area contributed by atoms with Crippen molar-refractivity contribution in [3.8, 4) is 0 Å². The predicted octanol–water partition coefficient (Wildman–Crippen LogP) is 2.55. The summed E-state index contributed by atoms with van der Waals surface area (Å²) in [6.45, 7) is 2.13. The lowest BCUT2D eigenvalue weighted by Crippen LogP contribution is -2.30. The molecule has 0 fully saturated rings. The SMILES string of the molecule is c1cncc(CCNCC2Cc3ccccc32)c1. The molecule has 0 saturated heterocycles. The zero-order chi connectivity index (χ0) is 12.2. The molecule has 1 aliphatic carbocycles. The monoisotopic (exact) mass is 238 g/mol. The van der Waals surface area contributed by atoms with E-state index in [1.807, 2.05) is 18.5 Å². The van der Waals surface area contributed by atoms with Crippen molar-refractivity contribution in [1.82, 2.24) is 10.3 Å². The molecule has 18 heavy (non-hydrogen) atoms. The van der Waals surface area contributed by atoms with E-state index < -0.39 is 0 Å². The van der Waals surface area contributed by atoms with E-state index in [9.17, 15) is 0 Å². The summed E-state index contributed by atoms with van der Waals surface area (Å²) in [5.74, 6) is 0.718. The standard InChI is InChI=1S/C16H18N2/c1-2-6-16-14(5-1)10-15(16)12-18-9-7-13-4-3-8-17-11-13/h1-6,8,11,15,18H,7,9-10,12H2. The lowest BCUT2D eigenvalue weighted by molar-refractivity contribution is 0.537. The smallest absolute Gasteiger partial charge is 0.0300 e. The van der Waals surface area contributed by atoms with Crippen LogP contribution in [0.2, 0.25) is 0 Å². The van der Waals surface area contributed by atoms with Crippen LogP contribution in [-0.4, -0.2) is 18.1 Å². The lowest BCUT2D eigenvalue weighted by atomic mass is 9.77. The minimum atomic E-state index is 0.718. The topological polar surface area (TPSA) is 24.9 Å². The van der Waals surface area contributed by atoms with Gasteiger partial charge < -0.3 is 5.32 Å². The molecule has 0 saturated carbocycles. The third-order valence-electron chi connectivity index (χ3n) is 3.67. The normalized spacial score (nSPS) is 17.0. The summed E-state index contributed by atoms with van der Waals surface area (Å²) in [5.41, 5.74) is 4.36. The number of nitrogens with zero attached hydrogens (tertiary/aromatic N) is 1. The molecular formula is C16H18N2. The molecule has 2 aromatic rings. The van der Waals surface area contributed by atoms with Gasteiger partial charge in [0.1, 0.15) is 0 Å². The summed E-state index contributed by atoms with van der Waals surface area (Å²) >= 11 is 0. The van der Waals surface area contributed by atoms with Crippen molar-refractivity contribution in [2.75, 3.05) is 13.1 Å². The molecule has 0 aliphatic heterocycles. The maximum absolute atomic E-state index is 4.13. The molecule has 1 atom stereocenters. The Labute approximate surface area is 108 Å². The first-order valence-corrected chi connectivity index (χ1v) is 6.61. The Morgan fingerprint density at radius 2 is 2.11 bits per heavy atom. The Balaban J connectivity index is 1.42. The summed E-state index contributed by atoms with van der Waals surface area (Å²) in [6, 6.07) is 12.9. The van der Waals surface area contributed by atoms with Crippen LogP contribution in [0.3, 0.4) is 0 Å². The highest BCUT2D eigenvalue weighted by Crippen LogP contribution is 2.33. The van der Waals surface area contributed by atoms with Gasteiger partial charge in [-0.2, -0.15) is 0 Å². The lowest BCUT2D eigenvalue weighted by Gasteiger charge is -2.30. The van der Waals surface area contributed by atoms with Gasteiger partial charge in [0.15, 0.2) is 0 Å². The Kier molecular flexibility index (Phi) is 3.37. The number of pyridine rings is 1. The van der Waals surface area contributed by atoms with Gasteiger partial charge in [-0.25, -0.2) is 0 Å². The fraction of sp³-hybridized carbons (Fsp3) is 0.312. The summed E-state index contributed by atoms with van der Waals surface area (Å²) in [5, 5.41) is 3.55. The molecule has 1 heterocycles. The van der Waals surface area contributed by atoms with Gasteiger partial charge in [-0.1, -0.05) is 30.3 Å². The second-order valence-corrected chi connectivity index (χ2v) is 4.92. The van der Waals surface area contributed by atoms with Gasteiger partial charge in [0.25, 0.3) is 0 Å². The number of rotatable bonds is 5. The molecule has 1 aromatic heterocycles. The number of hydrogen-bond acceptors (Lipinski definition) is 2. The van der Waals surface area contributed by atoms with Crippen LogP contribution in [0.1, 0.15) is 22.6 Å². The van der Waals surface area contributed by atoms with Crippen molar-refractivity contribution >= 4 is 0 Å². The molecule has 0 amide bonds. The average molecular weight is 238 g/mol. The maximum atomic E-state index is 4.13. The van der Waals surface area contributed by atoms with Gasteiger partial charge in [-0.15, -0.1) is 0 Å². The zero-order valence-corrected chi connectivity index (χ0v) is 10.5. The largest absolute Gasteiger partial charge is 0.316 e. The maximum Gasteiger partial charge on any atom is 0.0300 e. The Bertz CT molecular complexity index is 508. The predicted molar refractivity (Wildman–Crippen MR) is 73.7 cm³/mol. The summed E-state index contributed by atoms with van der Waals surface area (Å²) < 4.78 is 0. The third kappa shape index (κ3) is 2.44. The van der Waals surface area contributed by atoms with Crippen LogP contribution in [0.5, 0.6) is 0 Å². The highest BCUT2D eigenvalue weighted by atomic mass is 14.9. The highest BCUT2D eigenvalue weighted by molar-refractivity contribution is 5.40. The van der Waals surface area contributed by atoms with Crippen molar-refractivity contribution in [3.63, 3.8) is 0 Å². The molecule has 2 nitrogen and oxygen atoms in total. The molecule has 0 spiro atoms. The van der Waals surface area contributed by atoms with Crippen LogP contribution < -0.4 is 5.32 Å². The number of aromatic nitrogens is 1. The van der Waals surface area contributed by atoms with Gasteiger partial charge in [0.2, 0.25) is 0 Å². The van der Waals surface area contributed by atoms with E-state index >= 15 is 0 Å². The molecule has 2 heteroatoms. The van der Waals surface area contributed by atoms with Crippen molar-refractivity contribution in [2.45, 2.75) is 18.8 Å². The quantitative estimate of drug-likeness (QED) is 0.810. The van der Waals surface area contributed by atoms with E-state index in [-0.39, 0.29) is 0 Å². The zero-order valence-electron chi connectivity index (χ0n) is 10.5. The van der Waals surface area contributed by atoms with Crippen LogP contribution in [-0.2, 0) is 12.8 Å². The fourth-order valence-corrected chi connectivity index (χ4v) is 2.60. The Morgan fingerprint density at radius 3 is 2.94 bits per heavy atom. The summed E-state index contributed by atoms with van der Waals surface area (Å²) in [7, 11) is 0. The van der Waals surface area contributed by atoms with Crippen LogP contribution in [0.4, 0.5) is 0 Å². The van der Waals surface area contributed by atoms with E-state index in [0.717, 1.165) is 25.4 Å². The van der Waals surface area contributed by atoms with Crippen LogP contribution in [0.15, 0.2) is 48.8 Å². The van der Waals surface area contributed by atoms with Gasteiger partial charge in [0, 0.05) is 24.9 Å². The van der Waals surface area contributed by atoms with Crippen molar-refractivity contribution in [1.29, 1.82) is 0 Å². The number of nitrogens with one attached hydrogen (secondary N) is 1. The molecule has 1 aromatic carbocycles. The average Bonchev–Trinajstić information content (AvgIpc) is 2.40. The van der Waals surface area contributed by atoms with Gasteiger partial charge in [-0.05, 0) is 42.1 Å². The second kappa shape index (κ2) is 5.32. The van der Waals surface area contributed by atoms with Crippen LogP contribution >= 0.6 is 0 Å². The molecule has 1 aliphatic rings. The van der Waals surface area contributed by atoms with Crippen molar-refractivity contribution in [3.05, 3.63) is 65.5 Å². The Hall–Kier alpha value is -1.67. The second-order valence-electron chi connectivity index (χ2n) is 4.92. The van der Waals surface area contributed by atoms with Crippen molar-refractivity contribution < 1.29 is 0 Å². The number of fused-ring (bicyclic) bond motifs is 1. The van der Waals surface area contributed by atoms with Crippen molar-refractivity contribution in [2.24, 2.45) is 0 Å². The molecule has 0 bridgehead atoms. The van der Waals surface area contributed by atoms with E-state index in [1.54, 1.807) is 0 Å². The van der Waals surface area contributed by atoms with Crippen LogP contribution in [0.25, 0.3) is 0 Å². The number of hydrogen-bond donors (Lipinski definition) is 1. The third-order valence-corrected chi connectivity index (χ3v) is 3.67. The van der Waals surface area contributed by atoms with Gasteiger partial charge in [0.05, 0.1) is 0 Å². The molecule has 1 unspecified atom stereocenters. The number of benzene rings is 1. The molecule has 1 N–H and O–H groups in total. The fourth-order valence-electron chi connectivity index (χ4n) is 2.60. The molecule has 92 valence electrons. The minimum Gasteiger partial charge on any atom is -0.316 e. The minimum absolute atomic E-state index is 0.718. The molecule has 3 rings (SSSR count). The molecule has 0 radical (unpaired) electrons. The highest BCUT2D eigenvalue weighted by Gasteiger charge is 2.24. The van der Waals surface area contributed by atoms with Gasteiger partial charge in [-0.3, -0.25) is 4.98 Å². The van der Waals surface area contributed by atoms with E-state index in [4.69, 9.17) is 0 Å². The van der Waals surface area contributed by atoms with E-state index in [0.29, 0.717) is 0 Å². The van der Waals surface area contributed by atoms with E-state index in [2.05, 4.69) is 40.6 Å².